The van der Waals surface area contributed by atoms with Crippen molar-refractivity contribution >= 4 is 107 Å². The van der Waals surface area contributed by atoms with Gasteiger partial charge in [-0.15, -0.1) is 22.7 Å². The molecule has 4 heterocycles. The monoisotopic (exact) mass is 696 g/mol. The first kappa shape index (κ1) is 27.5. The summed E-state index contributed by atoms with van der Waals surface area (Å²) in [5, 5.41) is 9.76. The van der Waals surface area contributed by atoms with E-state index in [1.807, 2.05) is 22.7 Å². The van der Waals surface area contributed by atoms with Crippen molar-refractivity contribution in [3.63, 3.8) is 0 Å². The summed E-state index contributed by atoms with van der Waals surface area (Å²) >= 11 is 3.80. The van der Waals surface area contributed by atoms with Crippen LogP contribution >= 0.6 is 22.7 Å². The predicted molar refractivity (Wildman–Crippen MR) is 222 cm³/mol. The molecule has 13 rings (SSSR count). The molecule has 4 heteroatoms. The van der Waals surface area contributed by atoms with E-state index in [1.54, 1.807) is 0 Å². The van der Waals surface area contributed by atoms with Gasteiger partial charge in [0.15, 0.2) is 0 Å². The van der Waals surface area contributed by atoms with Crippen molar-refractivity contribution in [2.45, 2.75) is 0 Å². The summed E-state index contributed by atoms with van der Waals surface area (Å²) in [6.07, 6.45) is 0. The van der Waals surface area contributed by atoms with Crippen molar-refractivity contribution < 1.29 is 8.83 Å². The van der Waals surface area contributed by atoms with Crippen molar-refractivity contribution in [3.05, 3.63) is 146 Å². The fourth-order valence-electron chi connectivity index (χ4n) is 9.12. The van der Waals surface area contributed by atoms with Gasteiger partial charge in [0.05, 0.1) is 0 Å². The van der Waals surface area contributed by atoms with Crippen LogP contribution in [0.4, 0.5) is 0 Å². The van der Waals surface area contributed by atoms with Gasteiger partial charge in [-0.2, -0.15) is 0 Å². The molecule has 0 atom stereocenters. The van der Waals surface area contributed by atoms with Crippen LogP contribution in [0.25, 0.3) is 129 Å². The number of hydrogen-bond donors (Lipinski definition) is 0. The molecule has 1 aliphatic carbocycles. The van der Waals surface area contributed by atoms with Crippen molar-refractivity contribution in [2.75, 3.05) is 0 Å². The number of thiophene rings is 2. The van der Waals surface area contributed by atoms with E-state index in [0.29, 0.717) is 0 Å². The van der Waals surface area contributed by atoms with E-state index in [9.17, 15) is 0 Å². The van der Waals surface area contributed by atoms with Gasteiger partial charge < -0.3 is 8.83 Å². The number of para-hydroxylation sites is 2. The molecule has 0 N–H and O–H groups in total. The second kappa shape index (κ2) is 9.77. The van der Waals surface area contributed by atoms with Crippen LogP contribution in [0.2, 0.25) is 0 Å². The Morgan fingerprint density at radius 1 is 0.288 bits per heavy atom. The first-order valence-electron chi connectivity index (χ1n) is 17.6. The average Bonchev–Trinajstić information content (AvgIpc) is 3.96. The highest BCUT2D eigenvalue weighted by Gasteiger charge is 2.31. The van der Waals surface area contributed by atoms with Gasteiger partial charge in [0, 0.05) is 84.1 Å². The molecule has 0 spiro atoms. The van der Waals surface area contributed by atoms with Crippen LogP contribution in [-0.2, 0) is 0 Å². The maximum absolute atomic E-state index is 6.63. The van der Waals surface area contributed by atoms with E-state index in [0.717, 1.165) is 43.9 Å². The molecule has 12 aromatic rings. The number of furan rings is 2. The maximum atomic E-state index is 6.63. The Morgan fingerprint density at radius 2 is 0.673 bits per heavy atom. The molecule has 0 fully saturated rings. The van der Waals surface area contributed by atoms with Gasteiger partial charge in [0.25, 0.3) is 0 Å². The molecule has 0 amide bonds. The van der Waals surface area contributed by atoms with E-state index in [2.05, 4.69) is 146 Å². The lowest BCUT2D eigenvalue weighted by Gasteiger charge is -2.25. The molecule has 0 saturated carbocycles. The van der Waals surface area contributed by atoms with E-state index < -0.39 is 0 Å². The first-order valence-corrected chi connectivity index (χ1v) is 19.2. The largest absolute Gasteiger partial charge is 0.456 e. The number of rotatable bonds is 0. The molecular weight excluding hydrogens is 673 g/mol. The fraction of sp³-hybridized carbons (Fsp3) is 0. The Labute approximate surface area is 304 Å². The molecule has 52 heavy (non-hydrogen) atoms. The third-order valence-electron chi connectivity index (χ3n) is 11.3. The van der Waals surface area contributed by atoms with Crippen molar-refractivity contribution in [3.8, 4) is 44.5 Å². The SMILES string of the molecule is c1ccc2c(c1)oc1ccc3c(c12)-c1c(ccc2c1sc1ccccc12)-c1ccc2c(sc4ccccc42)c1-c1c-3ccc2oc3ccccc3c12. The molecule has 8 aromatic carbocycles. The standard InChI is InChI=1S/C48H24O2S2/c1-5-13-35-33(11-1)41-37(49-35)23-21-27-28-22-24-38-42(34-12-2-6-14-36(34)50-38)44(28)46-30(18-20-32-26-10-4-8-16-40(26)52-48(32)46)29-17-19-31-25-9-3-7-15-39(25)51-47(31)45(29)43(27)41/h1-24H. The lowest BCUT2D eigenvalue weighted by atomic mass is 9.77. The molecule has 0 radical (unpaired) electrons. The van der Waals surface area contributed by atoms with Gasteiger partial charge in [-0.25, -0.2) is 0 Å². The minimum atomic E-state index is 0.904. The lowest BCUT2D eigenvalue weighted by Crippen LogP contribution is -1.99. The highest BCUT2D eigenvalue weighted by molar-refractivity contribution is 7.27. The molecule has 2 nitrogen and oxygen atoms in total. The zero-order chi connectivity index (χ0) is 33.7. The zero-order valence-corrected chi connectivity index (χ0v) is 29.1. The van der Waals surface area contributed by atoms with Crippen molar-refractivity contribution in [1.29, 1.82) is 0 Å². The highest BCUT2D eigenvalue weighted by Crippen LogP contribution is 2.59. The van der Waals surface area contributed by atoms with Crippen LogP contribution in [0.5, 0.6) is 0 Å². The molecule has 0 aliphatic heterocycles. The molecule has 1 aliphatic rings. The third kappa shape index (κ3) is 3.39. The number of fused-ring (bicyclic) bond motifs is 24. The van der Waals surface area contributed by atoms with Crippen LogP contribution < -0.4 is 0 Å². The first-order chi connectivity index (χ1) is 25.8. The molecule has 240 valence electrons. The quantitative estimate of drug-likeness (QED) is 0.158. The molecule has 4 aromatic heterocycles. The fourth-order valence-corrected chi connectivity index (χ4v) is 11.6. The molecule has 0 unspecified atom stereocenters. The summed E-state index contributed by atoms with van der Waals surface area (Å²) in [4.78, 5) is 0. The lowest BCUT2D eigenvalue weighted by molar-refractivity contribution is 0.668. The van der Waals surface area contributed by atoms with Gasteiger partial charge in [-0.3, -0.25) is 0 Å². The van der Waals surface area contributed by atoms with Crippen LogP contribution in [0, 0.1) is 0 Å². The highest BCUT2D eigenvalue weighted by atomic mass is 32.1. The minimum absolute atomic E-state index is 0.904. The van der Waals surface area contributed by atoms with Crippen LogP contribution in [0.15, 0.2) is 154 Å². The summed E-state index contributed by atoms with van der Waals surface area (Å²) in [6, 6.07) is 53.1. The Morgan fingerprint density at radius 3 is 1.15 bits per heavy atom. The number of hydrogen-bond acceptors (Lipinski definition) is 4. The molecular formula is C48H24O2S2. The molecule has 0 bridgehead atoms. The van der Waals surface area contributed by atoms with Crippen LogP contribution in [0.3, 0.4) is 0 Å². The van der Waals surface area contributed by atoms with E-state index in [1.165, 1.54) is 84.9 Å². The smallest absolute Gasteiger partial charge is 0.136 e. The zero-order valence-electron chi connectivity index (χ0n) is 27.5. The Hall–Kier alpha value is -6.20. The van der Waals surface area contributed by atoms with Gasteiger partial charge in [-0.05, 0) is 70.8 Å². The Bertz CT molecular complexity index is 3300. The molecule has 0 saturated heterocycles. The third-order valence-corrected chi connectivity index (χ3v) is 13.7. The average molecular weight is 697 g/mol. The predicted octanol–water partition coefficient (Wildman–Crippen LogP) is 15.2. The van der Waals surface area contributed by atoms with E-state index in [4.69, 9.17) is 8.83 Å². The Balaban J connectivity index is 1.34. The summed E-state index contributed by atoms with van der Waals surface area (Å²) < 4.78 is 18.5. The van der Waals surface area contributed by atoms with Crippen molar-refractivity contribution in [2.24, 2.45) is 0 Å². The van der Waals surface area contributed by atoms with Gasteiger partial charge in [0.1, 0.15) is 22.3 Å². The maximum Gasteiger partial charge on any atom is 0.136 e. The van der Waals surface area contributed by atoms with Gasteiger partial charge in [0.2, 0.25) is 0 Å². The summed E-state index contributed by atoms with van der Waals surface area (Å²) in [6.45, 7) is 0. The summed E-state index contributed by atoms with van der Waals surface area (Å²) in [5.41, 5.74) is 13.5. The van der Waals surface area contributed by atoms with Gasteiger partial charge in [-0.1, -0.05) is 97.1 Å². The normalized spacial score (nSPS) is 12.6. The van der Waals surface area contributed by atoms with E-state index in [-0.39, 0.29) is 0 Å². The second-order valence-electron chi connectivity index (χ2n) is 13.8. The van der Waals surface area contributed by atoms with Gasteiger partial charge >= 0.3 is 0 Å². The summed E-state index contributed by atoms with van der Waals surface area (Å²) in [7, 11) is 0. The van der Waals surface area contributed by atoms with Crippen LogP contribution in [0.1, 0.15) is 0 Å². The minimum Gasteiger partial charge on any atom is -0.456 e. The second-order valence-corrected chi connectivity index (χ2v) is 15.9. The van der Waals surface area contributed by atoms with E-state index >= 15 is 0 Å². The van der Waals surface area contributed by atoms with Crippen LogP contribution in [-0.4, -0.2) is 0 Å². The number of benzene rings is 8. The summed E-state index contributed by atoms with van der Waals surface area (Å²) in [5.74, 6) is 0. The Kier molecular flexibility index (Phi) is 5.17. The topological polar surface area (TPSA) is 26.3 Å². The van der Waals surface area contributed by atoms with Crippen molar-refractivity contribution in [1.82, 2.24) is 0 Å².